The molecule has 3 aromatic rings. The number of amides is 1. The quantitative estimate of drug-likeness (QED) is 0.617. The Hall–Kier alpha value is -2.44. The summed E-state index contributed by atoms with van der Waals surface area (Å²) >= 11 is 3.34. The Morgan fingerprint density at radius 3 is 2.30 bits per heavy atom. The van der Waals surface area contributed by atoms with E-state index in [1.54, 1.807) is 30.3 Å². The van der Waals surface area contributed by atoms with Crippen molar-refractivity contribution in [2.75, 3.05) is 5.32 Å². The van der Waals surface area contributed by atoms with Gasteiger partial charge in [-0.15, -0.1) is 0 Å². The van der Waals surface area contributed by atoms with Crippen LogP contribution in [0.5, 0.6) is 0 Å². The fourth-order valence-corrected chi connectivity index (χ4v) is 4.42. The summed E-state index contributed by atoms with van der Waals surface area (Å²) in [7, 11) is -3.75. The van der Waals surface area contributed by atoms with Crippen LogP contribution in [0.4, 0.5) is 5.69 Å². The molecule has 0 spiro atoms. The zero-order chi connectivity index (χ0) is 19.4. The van der Waals surface area contributed by atoms with E-state index in [9.17, 15) is 13.2 Å². The summed E-state index contributed by atoms with van der Waals surface area (Å²) in [6.07, 6.45) is 0.164. The first kappa shape index (κ1) is 19.3. The van der Waals surface area contributed by atoms with Gasteiger partial charge >= 0.3 is 0 Å². The molecule has 1 amide bonds. The van der Waals surface area contributed by atoms with Crippen molar-refractivity contribution in [2.45, 2.75) is 23.1 Å². The zero-order valence-corrected chi connectivity index (χ0v) is 17.0. The second kappa shape index (κ2) is 8.06. The van der Waals surface area contributed by atoms with Crippen molar-refractivity contribution >= 4 is 37.4 Å². The summed E-state index contributed by atoms with van der Waals surface area (Å²) in [6, 6.07) is 20.6. The Balaban J connectivity index is 1.90. The van der Waals surface area contributed by atoms with Crippen molar-refractivity contribution in [1.82, 2.24) is 0 Å². The zero-order valence-electron chi connectivity index (χ0n) is 14.6. The fourth-order valence-electron chi connectivity index (χ4n) is 2.65. The molecule has 0 atom stereocenters. The molecule has 0 aromatic heterocycles. The van der Waals surface area contributed by atoms with Gasteiger partial charge < -0.3 is 5.32 Å². The Bertz CT molecular complexity index is 1060. The minimum absolute atomic E-state index is 0.0640. The lowest BCUT2D eigenvalue weighted by molar-refractivity contribution is -0.115. The molecule has 138 valence electrons. The number of carbonyl (C=O) groups is 1. The average molecular weight is 444 g/mol. The van der Waals surface area contributed by atoms with Crippen molar-refractivity contribution in [2.24, 2.45) is 0 Å². The molecule has 0 saturated heterocycles. The van der Waals surface area contributed by atoms with Gasteiger partial charge in [0.1, 0.15) is 0 Å². The molecule has 0 heterocycles. The number of sulfone groups is 1. The van der Waals surface area contributed by atoms with Crippen LogP contribution in [-0.2, 0) is 21.1 Å². The van der Waals surface area contributed by atoms with Gasteiger partial charge in [0.2, 0.25) is 15.7 Å². The summed E-state index contributed by atoms with van der Waals surface area (Å²) in [6.45, 7) is 1.98. The van der Waals surface area contributed by atoms with Crippen LogP contribution in [0, 0.1) is 6.92 Å². The molecule has 3 rings (SSSR count). The lowest BCUT2D eigenvalue weighted by atomic mass is 10.1. The monoisotopic (exact) mass is 443 g/mol. The molecule has 0 aliphatic rings. The van der Waals surface area contributed by atoms with E-state index in [2.05, 4.69) is 21.2 Å². The lowest BCUT2D eigenvalue weighted by Gasteiger charge is -2.13. The van der Waals surface area contributed by atoms with E-state index in [0.717, 1.165) is 11.1 Å². The van der Waals surface area contributed by atoms with E-state index >= 15 is 0 Å². The highest BCUT2D eigenvalue weighted by atomic mass is 79.9. The number of anilines is 1. The number of halogens is 1. The summed E-state index contributed by atoms with van der Waals surface area (Å²) < 4.78 is 26.6. The Morgan fingerprint density at radius 2 is 1.63 bits per heavy atom. The molecule has 0 unspecified atom stereocenters. The number of nitrogens with one attached hydrogen (secondary N) is 1. The van der Waals surface area contributed by atoms with Crippen LogP contribution in [0.1, 0.15) is 11.1 Å². The predicted octanol–water partition coefficient (Wildman–Crippen LogP) is 4.77. The van der Waals surface area contributed by atoms with Gasteiger partial charge in [-0.3, -0.25) is 4.79 Å². The second-order valence-corrected chi connectivity index (χ2v) is 9.00. The smallest absolute Gasteiger partial charge is 0.228 e. The fraction of sp³-hybridized carbons (Fsp3) is 0.0952. The van der Waals surface area contributed by atoms with E-state index in [-0.39, 0.29) is 27.8 Å². The molecule has 6 heteroatoms. The SMILES string of the molecule is Cc1ccc(CC(=O)Nc2cc(Br)ccc2S(=O)(=O)c2ccccc2)cc1. The number of benzene rings is 3. The molecule has 0 bridgehead atoms. The highest BCUT2D eigenvalue weighted by Gasteiger charge is 2.22. The Morgan fingerprint density at radius 1 is 0.963 bits per heavy atom. The molecule has 0 aliphatic carbocycles. The van der Waals surface area contributed by atoms with Gasteiger partial charge in [0, 0.05) is 4.47 Å². The second-order valence-electron chi connectivity index (χ2n) is 6.17. The van der Waals surface area contributed by atoms with Crippen LogP contribution in [0.2, 0.25) is 0 Å². The van der Waals surface area contributed by atoms with Crippen LogP contribution in [0.25, 0.3) is 0 Å². The van der Waals surface area contributed by atoms with Gasteiger partial charge in [0.25, 0.3) is 0 Å². The van der Waals surface area contributed by atoms with E-state index in [4.69, 9.17) is 0 Å². The minimum atomic E-state index is -3.75. The number of aryl methyl sites for hydroxylation is 1. The third kappa shape index (κ3) is 4.64. The Kier molecular flexibility index (Phi) is 5.77. The molecule has 0 aliphatic heterocycles. The van der Waals surface area contributed by atoms with Gasteiger partial charge in [0.15, 0.2) is 0 Å². The molecular formula is C21H18BrNO3S. The van der Waals surface area contributed by atoms with Crippen molar-refractivity contribution < 1.29 is 13.2 Å². The maximum atomic E-state index is 13.0. The van der Waals surface area contributed by atoms with Crippen LogP contribution in [0.15, 0.2) is 87.1 Å². The van der Waals surface area contributed by atoms with Gasteiger partial charge in [-0.25, -0.2) is 8.42 Å². The molecule has 0 fully saturated rings. The molecule has 0 radical (unpaired) electrons. The maximum absolute atomic E-state index is 13.0. The first-order chi connectivity index (χ1) is 12.9. The molecule has 1 N–H and O–H groups in total. The maximum Gasteiger partial charge on any atom is 0.228 e. The summed E-state index contributed by atoms with van der Waals surface area (Å²) in [5, 5.41) is 2.74. The number of carbonyl (C=O) groups excluding carboxylic acids is 1. The highest BCUT2D eigenvalue weighted by molar-refractivity contribution is 9.10. The Labute approximate surface area is 167 Å². The topological polar surface area (TPSA) is 63.2 Å². The lowest BCUT2D eigenvalue weighted by Crippen LogP contribution is -2.17. The van der Waals surface area contributed by atoms with Crippen LogP contribution in [-0.4, -0.2) is 14.3 Å². The highest BCUT2D eigenvalue weighted by Crippen LogP contribution is 2.30. The number of rotatable bonds is 5. The third-order valence-corrected chi connectivity index (χ3v) is 6.37. The summed E-state index contributed by atoms with van der Waals surface area (Å²) in [5.41, 5.74) is 2.23. The van der Waals surface area contributed by atoms with Crippen molar-refractivity contribution in [3.05, 3.63) is 88.4 Å². The van der Waals surface area contributed by atoms with Crippen molar-refractivity contribution in [3.8, 4) is 0 Å². The molecule has 4 nitrogen and oxygen atoms in total. The van der Waals surface area contributed by atoms with Gasteiger partial charge in [-0.2, -0.15) is 0 Å². The summed E-state index contributed by atoms with van der Waals surface area (Å²) in [4.78, 5) is 12.7. The number of hydrogen-bond acceptors (Lipinski definition) is 3. The number of hydrogen-bond donors (Lipinski definition) is 1. The standard InChI is InChI=1S/C21H18BrNO3S/c1-15-7-9-16(10-8-15)13-21(24)23-19-14-17(22)11-12-20(19)27(25,26)18-5-3-2-4-6-18/h2-12,14H,13H2,1H3,(H,23,24). The van der Waals surface area contributed by atoms with Crippen molar-refractivity contribution in [3.63, 3.8) is 0 Å². The largest absolute Gasteiger partial charge is 0.325 e. The van der Waals surface area contributed by atoms with Crippen molar-refractivity contribution in [1.29, 1.82) is 0 Å². The first-order valence-corrected chi connectivity index (χ1v) is 10.6. The van der Waals surface area contributed by atoms with Crippen LogP contribution >= 0.6 is 15.9 Å². The molecule has 3 aromatic carbocycles. The first-order valence-electron chi connectivity index (χ1n) is 8.31. The minimum Gasteiger partial charge on any atom is -0.325 e. The van der Waals surface area contributed by atoms with Gasteiger partial charge in [0.05, 0.1) is 21.9 Å². The normalized spacial score (nSPS) is 11.2. The van der Waals surface area contributed by atoms with Gasteiger partial charge in [-0.05, 0) is 42.8 Å². The van der Waals surface area contributed by atoms with Crippen LogP contribution < -0.4 is 5.32 Å². The van der Waals surface area contributed by atoms with Crippen LogP contribution in [0.3, 0.4) is 0 Å². The molecular weight excluding hydrogens is 426 g/mol. The van der Waals surface area contributed by atoms with E-state index < -0.39 is 9.84 Å². The molecule has 27 heavy (non-hydrogen) atoms. The molecule has 0 saturated carbocycles. The van der Waals surface area contributed by atoms with E-state index in [1.807, 2.05) is 31.2 Å². The third-order valence-electron chi connectivity index (χ3n) is 4.04. The van der Waals surface area contributed by atoms with Gasteiger partial charge in [-0.1, -0.05) is 64.0 Å². The average Bonchev–Trinajstić information content (AvgIpc) is 2.64. The van der Waals surface area contributed by atoms with E-state index in [1.165, 1.54) is 18.2 Å². The summed E-state index contributed by atoms with van der Waals surface area (Å²) in [5.74, 6) is -0.276. The predicted molar refractivity (Wildman–Crippen MR) is 110 cm³/mol. The van der Waals surface area contributed by atoms with E-state index in [0.29, 0.717) is 4.47 Å².